The fraction of sp³-hybridized carbons (Fsp3) is 0.688. The van der Waals surface area contributed by atoms with Crippen LogP contribution in [0.2, 0.25) is 0 Å². The molecule has 1 amide bonds. The Morgan fingerprint density at radius 3 is 3.09 bits per heavy atom. The van der Waals surface area contributed by atoms with Gasteiger partial charge in [0.1, 0.15) is 6.10 Å². The number of amides is 1. The first kappa shape index (κ1) is 15.9. The summed E-state index contributed by atoms with van der Waals surface area (Å²) in [5.74, 6) is 0.141. The zero-order valence-corrected chi connectivity index (χ0v) is 14.1. The second kappa shape index (κ2) is 7.08. The second-order valence-electron chi connectivity index (χ2n) is 6.17. The van der Waals surface area contributed by atoms with Gasteiger partial charge >= 0.3 is 0 Å². The summed E-state index contributed by atoms with van der Waals surface area (Å²) in [7, 11) is 4.08. The smallest absolute Gasteiger partial charge is 0.264 e. The highest BCUT2D eigenvalue weighted by atomic mass is 32.1. The molecule has 0 aromatic carbocycles. The highest BCUT2D eigenvalue weighted by Gasteiger charge is 2.45. The molecule has 2 aliphatic rings. The number of hydrogen-bond donors (Lipinski definition) is 0. The average molecular weight is 324 g/mol. The van der Waals surface area contributed by atoms with Crippen LogP contribution >= 0.6 is 11.3 Å². The fourth-order valence-electron chi connectivity index (χ4n) is 3.27. The molecule has 1 aromatic rings. The summed E-state index contributed by atoms with van der Waals surface area (Å²) in [5.41, 5.74) is 0. The molecule has 3 atom stereocenters. The van der Waals surface area contributed by atoms with Gasteiger partial charge in [-0.25, -0.2) is 0 Å². The third kappa shape index (κ3) is 3.35. The van der Waals surface area contributed by atoms with Gasteiger partial charge in [-0.3, -0.25) is 4.79 Å². The van der Waals surface area contributed by atoms with Gasteiger partial charge in [-0.2, -0.15) is 0 Å². The van der Waals surface area contributed by atoms with Gasteiger partial charge in [0.25, 0.3) is 5.91 Å². The van der Waals surface area contributed by atoms with E-state index in [4.69, 9.17) is 9.47 Å². The standard InChI is InChI=1S/C16H24N2O3S/c1-17(2)7-9-20-13-6-5-12-15(13)21-10-8-18(12)16(19)14-4-3-11-22-14/h3-4,11-13,15H,5-10H2,1-2H3/t12-,13+,15+/m0/s1. The van der Waals surface area contributed by atoms with Crippen molar-refractivity contribution in [2.75, 3.05) is 40.4 Å². The molecule has 6 heteroatoms. The van der Waals surface area contributed by atoms with Crippen molar-refractivity contribution in [2.45, 2.75) is 31.1 Å². The van der Waals surface area contributed by atoms with Crippen LogP contribution in [0.5, 0.6) is 0 Å². The molecule has 1 aliphatic heterocycles. The van der Waals surface area contributed by atoms with Crippen LogP contribution < -0.4 is 0 Å². The number of thiophene rings is 1. The van der Waals surface area contributed by atoms with E-state index in [1.165, 1.54) is 11.3 Å². The Kier molecular flexibility index (Phi) is 5.13. The first-order valence-corrected chi connectivity index (χ1v) is 8.77. The molecule has 122 valence electrons. The van der Waals surface area contributed by atoms with E-state index in [-0.39, 0.29) is 24.2 Å². The Balaban J connectivity index is 1.62. The van der Waals surface area contributed by atoms with Gasteiger partial charge in [-0.05, 0) is 38.4 Å². The Hall–Kier alpha value is -0.950. The first-order chi connectivity index (χ1) is 10.7. The molecule has 0 bridgehead atoms. The summed E-state index contributed by atoms with van der Waals surface area (Å²) >= 11 is 1.51. The molecule has 3 rings (SSSR count). The Morgan fingerprint density at radius 1 is 1.50 bits per heavy atom. The van der Waals surface area contributed by atoms with Crippen LogP contribution in [0.1, 0.15) is 22.5 Å². The van der Waals surface area contributed by atoms with E-state index in [2.05, 4.69) is 4.90 Å². The van der Waals surface area contributed by atoms with Crippen molar-refractivity contribution in [1.82, 2.24) is 9.80 Å². The number of morpholine rings is 1. The van der Waals surface area contributed by atoms with Crippen LogP contribution in [0.3, 0.4) is 0 Å². The lowest BCUT2D eigenvalue weighted by atomic mass is 10.1. The van der Waals surface area contributed by atoms with E-state index in [1.807, 2.05) is 36.5 Å². The number of likely N-dealkylation sites (N-methyl/N-ethyl adjacent to an activating group) is 1. The largest absolute Gasteiger partial charge is 0.374 e. The van der Waals surface area contributed by atoms with Gasteiger partial charge in [0.15, 0.2) is 0 Å². The van der Waals surface area contributed by atoms with Gasteiger partial charge in [-0.15, -0.1) is 11.3 Å². The normalized spacial score (nSPS) is 28.1. The van der Waals surface area contributed by atoms with Gasteiger partial charge in [-0.1, -0.05) is 6.07 Å². The minimum atomic E-state index is 0.0276. The summed E-state index contributed by atoms with van der Waals surface area (Å²) in [5, 5.41) is 1.95. The molecule has 0 N–H and O–H groups in total. The molecule has 1 aliphatic carbocycles. The van der Waals surface area contributed by atoms with Crippen molar-refractivity contribution >= 4 is 17.2 Å². The van der Waals surface area contributed by atoms with Crippen molar-refractivity contribution in [2.24, 2.45) is 0 Å². The molecule has 1 saturated carbocycles. The number of nitrogens with zero attached hydrogens (tertiary/aromatic N) is 2. The number of carbonyl (C=O) groups excluding carboxylic acids is 1. The first-order valence-electron chi connectivity index (χ1n) is 7.89. The van der Waals surface area contributed by atoms with Crippen molar-refractivity contribution in [1.29, 1.82) is 0 Å². The Labute approximate surface area is 135 Å². The summed E-state index contributed by atoms with van der Waals surface area (Å²) in [4.78, 5) is 17.6. The van der Waals surface area contributed by atoms with Crippen molar-refractivity contribution in [3.63, 3.8) is 0 Å². The maximum Gasteiger partial charge on any atom is 0.264 e. The summed E-state index contributed by atoms with van der Waals surface area (Å²) in [6, 6.07) is 3.99. The van der Waals surface area contributed by atoms with E-state index in [0.717, 1.165) is 24.3 Å². The monoisotopic (exact) mass is 324 g/mol. The molecule has 2 heterocycles. The van der Waals surface area contributed by atoms with Crippen molar-refractivity contribution in [3.05, 3.63) is 22.4 Å². The van der Waals surface area contributed by atoms with E-state index < -0.39 is 0 Å². The Morgan fingerprint density at radius 2 is 2.36 bits per heavy atom. The van der Waals surface area contributed by atoms with Gasteiger partial charge in [0.05, 0.1) is 30.2 Å². The molecule has 1 aromatic heterocycles. The van der Waals surface area contributed by atoms with Crippen molar-refractivity contribution < 1.29 is 14.3 Å². The van der Waals surface area contributed by atoms with Gasteiger partial charge in [0.2, 0.25) is 0 Å². The van der Waals surface area contributed by atoms with Crippen LogP contribution in [0.25, 0.3) is 0 Å². The van der Waals surface area contributed by atoms with Gasteiger partial charge in [0, 0.05) is 13.1 Å². The van der Waals surface area contributed by atoms with Crippen molar-refractivity contribution in [3.8, 4) is 0 Å². The van der Waals surface area contributed by atoms with E-state index >= 15 is 0 Å². The molecule has 0 spiro atoms. The van der Waals surface area contributed by atoms with E-state index in [1.54, 1.807) is 0 Å². The van der Waals surface area contributed by atoms with Crippen LogP contribution in [0.15, 0.2) is 17.5 Å². The van der Waals surface area contributed by atoms with Gasteiger partial charge < -0.3 is 19.3 Å². The molecule has 2 fully saturated rings. The van der Waals surface area contributed by atoms with Crippen LogP contribution in [-0.2, 0) is 9.47 Å². The highest BCUT2D eigenvalue weighted by molar-refractivity contribution is 7.12. The molecule has 1 saturated heterocycles. The molecular weight excluding hydrogens is 300 g/mol. The number of hydrogen-bond acceptors (Lipinski definition) is 5. The molecular formula is C16H24N2O3S. The predicted octanol–water partition coefficient (Wildman–Crippen LogP) is 1.70. The average Bonchev–Trinajstić information content (AvgIpc) is 3.15. The molecule has 5 nitrogen and oxygen atoms in total. The summed E-state index contributed by atoms with van der Waals surface area (Å²) < 4.78 is 11.9. The number of carbonyl (C=O) groups is 1. The molecule has 0 unspecified atom stereocenters. The lowest BCUT2D eigenvalue weighted by Gasteiger charge is -2.39. The number of ether oxygens (including phenoxy) is 2. The third-order valence-electron chi connectivity index (χ3n) is 4.40. The lowest BCUT2D eigenvalue weighted by molar-refractivity contribution is -0.105. The van der Waals surface area contributed by atoms with Crippen LogP contribution in [0.4, 0.5) is 0 Å². The minimum Gasteiger partial charge on any atom is -0.374 e. The maximum absolute atomic E-state index is 12.6. The van der Waals surface area contributed by atoms with E-state index in [9.17, 15) is 4.79 Å². The molecule has 0 radical (unpaired) electrons. The summed E-state index contributed by atoms with van der Waals surface area (Å²) in [6.45, 7) is 2.91. The summed E-state index contributed by atoms with van der Waals surface area (Å²) in [6.07, 6.45) is 2.08. The molecule has 22 heavy (non-hydrogen) atoms. The Bertz CT molecular complexity index is 492. The topological polar surface area (TPSA) is 42.0 Å². The SMILES string of the molecule is CN(C)CCO[C@@H]1CC[C@H]2[C@H]1OCCN2C(=O)c1cccs1. The fourth-order valence-corrected chi connectivity index (χ4v) is 3.95. The predicted molar refractivity (Wildman–Crippen MR) is 86.4 cm³/mol. The zero-order valence-electron chi connectivity index (χ0n) is 13.2. The zero-order chi connectivity index (χ0) is 15.5. The highest BCUT2D eigenvalue weighted by Crippen LogP contribution is 2.33. The quantitative estimate of drug-likeness (QED) is 0.827. The van der Waals surface area contributed by atoms with Crippen LogP contribution in [0, 0.1) is 0 Å². The van der Waals surface area contributed by atoms with Crippen LogP contribution in [-0.4, -0.2) is 74.4 Å². The lowest BCUT2D eigenvalue weighted by Crippen LogP contribution is -2.53. The third-order valence-corrected chi connectivity index (χ3v) is 5.26. The minimum absolute atomic E-state index is 0.0276. The number of fused-ring (bicyclic) bond motifs is 1. The maximum atomic E-state index is 12.6. The second-order valence-corrected chi connectivity index (χ2v) is 7.12. The van der Waals surface area contributed by atoms with E-state index in [0.29, 0.717) is 19.8 Å². The number of rotatable bonds is 5.